The second kappa shape index (κ2) is 7.19. The van der Waals surface area contributed by atoms with Crippen LogP contribution in [0.1, 0.15) is 28.9 Å². The predicted octanol–water partition coefficient (Wildman–Crippen LogP) is 3.34. The Morgan fingerprint density at radius 2 is 1.79 bits per heavy atom. The largest absolute Gasteiger partial charge is 0.346 e. The van der Waals surface area contributed by atoms with Crippen LogP contribution < -0.4 is 10.0 Å². The molecule has 8 heteroatoms. The summed E-state index contributed by atoms with van der Waals surface area (Å²) in [5.74, 6) is -0.724. The van der Waals surface area contributed by atoms with Crippen molar-refractivity contribution in [2.45, 2.75) is 13.0 Å². The van der Waals surface area contributed by atoms with Gasteiger partial charge < -0.3 is 5.32 Å². The average Bonchev–Trinajstić information content (AvgIpc) is 2.48. The van der Waals surface area contributed by atoms with Crippen molar-refractivity contribution in [3.8, 4) is 0 Å². The Kier molecular flexibility index (Phi) is 5.46. The molecule has 128 valence electrons. The molecule has 24 heavy (non-hydrogen) atoms. The molecular formula is C16H16ClFN2O3S. The Labute approximate surface area is 144 Å². The van der Waals surface area contributed by atoms with E-state index in [0.29, 0.717) is 0 Å². The Morgan fingerprint density at radius 3 is 2.33 bits per heavy atom. The van der Waals surface area contributed by atoms with Crippen molar-refractivity contribution >= 4 is 33.2 Å². The summed E-state index contributed by atoms with van der Waals surface area (Å²) in [6.07, 6.45) is 1.01. The van der Waals surface area contributed by atoms with E-state index in [2.05, 4.69) is 10.0 Å². The fraction of sp³-hybridized carbons (Fsp3) is 0.188. The van der Waals surface area contributed by atoms with Crippen molar-refractivity contribution < 1.29 is 17.6 Å². The second-order valence-corrected chi connectivity index (χ2v) is 7.47. The van der Waals surface area contributed by atoms with Crippen molar-refractivity contribution in [3.63, 3.8) is 0 Å². The molecule has 0 unspecified atom stereocenters. The molecule has 2 rings (SSSR count). The number of anilines is 1. The third kappa shape index (κ3) is 4.94. The fourth-order valence-electron chi connectivity index (χ4n) is 2.05. The first kappa shape index (κ1) is 18.2. The minimum absolute atomic E-state index is 0.113. The van der Waals surface area contributed by atoms with Gasteiger partial charge in [0.15, 0.2) is 0 Å². The maximum atomic E-state index is 12.9. The summed E-state index contributed by atoms with van der Waals surface area (Å²) < 4.78 is 37.6. The van der Waals surface area contributed by atoms with E-state index >= 15 is 0 Å². The molecule has 0 spiro atoms. The molecule has 0 radical (unpaired) electrons. The van der Waals surface area contributed by atoms with Gasteiger partial charge in [0.05, 0.1) is 23.0 Å². The highest BCUT2D eigenvalue weighted by Crippen LogP contribution is 2.24. The number of benzene rings is 2. The third-order valence-corrected chi connectivity index (χ3v) is 4.15. The first-order valence-electron chi connectivity index (χ1n) is 6.99. The maximum absolute atomic E-state index is 12.9. The standard InChI is InChI=1S/C16H16ClFN2O3S/c1-10(11-3-6-13(18)7-4-11)19-16(21)12-5-8-15(14(17)9-12)20-24(2,22)23/h3-10,20H,1-2H3,(H,19,21)/t10-/m1/s1. The monoisotopic (exact) mass is 370 g/mol. The van der Waals surface area contributed by atoms with E-state index in [1.165, 1.54) is 30.3 Å². The molecular weight excluding hydrogens is 355 g/mol. The van der Waals surface area contributed by atoms with Crippen molar-refractivity contribution in [2.24, 2.45) is 0 Å². The van der Waals surface area contributed by atoms with Crippen LogP contribution in [0, 0.1) is 5.82 Å². The highest BCUT2D eigenvalue weighted by Gasteiger charge is 2.14. The minimum atomic E-state index is -3.46. The van der Waals surface area contributed by atoms with Crippen molar-refractivity contribution in [1.29, 1.82) is 0 Å². The van der Waals surface area contributed by atoms with Gasteiger partial charge in [0.2, 0.25) is 10.0 Å². The Bertz CT molecular complexity index is 854. The van der Waals surface area contributed by atoms with E-state index in [1.807, 2.05) is 0 Å². The lowest BCUT2D eigenvalue weighted by molar-refractivity contribution is 0.0940. The van der Waals surface area contributed by atoms with Crippen LogP contribution in [0.2, 0.25) is 5.02 Å². The number of amides is 1. The fourth-order valence-corrected chi connectivity index (χ4v) is 2.91. The highest BCUT2D eigenvalue weighted by molar-refractivity contribution is 7.92. The van der Waals surface area contributed by atoms with E-state index in [1.54, 1.807) is 19.1 Å². The smallest absolute Gasteiger partial charge is 0.251 e. The van der Waals surface area contributed by atoms with Gasteiger partial charge in [0.25, 0.3) is 5.91 Å². The number of carbonyl (C=O) groups is 1. The molecule has 0 aliphatic carbocycles. The van der Waals surface area contributed by atoms with Crippen LogP contribution in [-0.4, -0.2) is 20.6 Å². The summed E-state index contributed by atoms with van der Waals surface area (Å²) in [7, 11) is -3.46. The molecule has 0 aliphatic heterocycles. The number of hydrogen-bond donors (Lipinski definition) is 2. The molecule has 5 nitrogen and oxygen atoms in total. The Hall–Kier alpha value is -2.12. The summed E-state index contributed by atoms with van der Waals surface area (Å²) >= 11 is 6.00. The van der Waals surface area contributed by atoms with Gasteiger partial charge >= 0.3 is 0 Å². The lowest BCUT2D eigenvalue weighted by Crippen LogP contribution is -2.26. The Balaban J connectivity index is 2.12. The molecule has 0 heterocycles. The summed E-state index contributed by atoms with van der Waals surface area (Å²) in [4.78, 5) is 12.3. The molecule has 1 atom stereocenters. The van der Waals surface area contributed by atoms with Crippen molar-refractivity contribution in [1.82, 2.24) is 5.32 Å². The molecule has 0 saturated carbocycles. The lowest BCUT2D eigenvalue weighted by atomic mass is 10.1. The van der Waals surface area contributed by atoms with Gasteiger partial charge in [-0.1, -0.05) is 23.7 Å². The van der Waals surface area contributed by atoms with Crippen molar-refractivity contribution in [3.05, 3.63) is 64.4 Å². The molecule has 0 aromatic heterocycles. The van der Waals surface area contributed by atoms with Crippen molar-refractivity contribution in [2.75, 3.05) is 11.0 Å². The third-order valence-electron chi connectivity index (χ3n) is 3.24. The second-order valence-electron chi connectivity index (χ2n) is 5.32. The van der Waals surface area contributed by atoms with Crippen LogP contribution in [0.3, 0.4) is 0 Å². The van der Waals surface area contributed by atoms with E-state index in [-0.39, 0.29) is 34.0 Å². The van der Waals surface area contributed by atoms with Crippen LogP contribution in [-0.2, 0) is 10.0 Å². The predicted molar refractivity (Wildman–Crippen MR) is 92.2 cm³/mol. The van der Waals surface area contributed by atoms with Gasteiger partial charge in [0, 0.05) is 5.56 Å². The topological polar surface area (TPSA) is 75.3 Å². The normalized spacial score (nSPS) is 12.5. The molecule has 2 N–H and O–H groups in total. The minimum Gasteiger partial charge on any atom is -0.346 e. The van der Waals surface area contributed by atoms with Crippen LogP contribution in [0.15, 0.2) is 42.5 Å². The summed E-state index contributed by atoms with van der Waals surface area (Å²) in [6.45, 7) is 1.77. The SMILES string of the molecule is C[C@@H](NC(=O)c1ccc(NS(C)(=O)=O)c(Cl)c1)c1ccc(F)cc1. The number of carbonyl (C=O) groups excluding carboxylic acids is 1. The molecule has 2 aromatic rings. The number of rotatable bonds is 5. The zero-order valence-corrected chi connectivity index (χ0v) is 14.6. The quantitative estimate of drug-likeness (QED) is 0.847. The van der Waals surface area contributed by atoms with Crippen LogP contribution >= 0.6 is 11.6 Å². The van der Waals surface area contributed by atoms with E-state index < -0.39 is 10.0 Å². The van der Waals surface area contributed by atoms with Gasteiger partial charge in [-0.05, 0) is 42.8 Å². The molecule has 0 aliphatic rings. The van der Waals surface area contributed by atoms with E-state index in [4.69, 9.17) is 11.6 Å². The van der Waals surface area contributed by atoms with Crippen LogP contribution in [0.5, 0.6) is 0 Å². The van der Waals surface area contributed by atoms with Gasteiger partial charge in [0.1, 0.15) is 5.82 Å². The number of sulfonamides is 1. The molecule has 0 fully saturated rings. The van der Waals surface area contributed by atoms with Crippen LogP contribution in [0.4, 0.5) is 10.1 Å². The molecule has 0 bridgehead atoms. The lowest BCUT2D eigenvalue weighted by Gasteiger charge is -2.15. The van der Waals surface area contributed by atoms with Crippen LogP contribution in [0.25, 0.3) is 0 Å². The number of halogens is 2. The Morgan fingerprint density at radius 1 is 1.17 bits per heavy atom. The van der Waals surface area contributed by atoms with Gasteiger partial charge in [-0.2, -0.15) is 0 Å². The summed E-state index contributed by atoms with van der Waals surface area (Å²) in [5.41, 5.74) is 1.24. The molecule has 2 aromatic carbocycles. The molecule has 0 saturated heterocycles. The zero-order valence-electron chi connectivity index (χ0n) is 13.0. The van der Waals surface area contributed by atoms with E-state index in [9.17, 15) is 17.6 Å². The first-order valence-corrected chi connectivity index (χ1v) is 9.26. The van der Waals surface area contributed by atoms with Gasteiger partial charge in [-0.3, -0.25) is 9.52 Å². The molecule has 1 amide bonds. The summed E-state index contributed by atoms with van der Waals surface area (Å²) in [6, 6.07) is 9.75. The first-order chi connectivity index (χ1) is 11.2. The summed E-state index contributed by atoms with van der Waals surface area (Å²) in [5, 5.41) is 2.88. The number of nitrogens with one attached hydrogen (secondary N) is 2. The van der Waals surface area contributed by atoms with Gasteiger partial charge in [-0.15, -0.1) is 0 Å². The van der Waals surface area contributed by atoms with Gasteiger partial charge in [-0.25, -0.2) is 12.8 Å². The maximum Gasteiger partial charge on any atom is 0.251 e. The zero-order chi connectivity index (χ0) is 17.9. The van der Waals surface area contributed by atoms with E-state index in [0.717, 1.165) is 11.8 Å². The average molecular weight is 371 g/mol. The highest BCUT2D eigenvalue weighted by atomic mass is 35.5. The number of hydrogen-bond acceptors (Lipinski definition) is 3.